The number of alkyl carbamates (subject to hydrolysis) is 1. The highest BCUT2D eigenvalue weighted by atomic mass is 32.2. The Morgan fingerprint density at radius 2 is 1.83 bits per heavy atom. The van der Waals surface area contributed by atoms with Crippen molar-refractivity contribution in [2.45, 2.75) is 120 Å². The van der Waals surface area contributed by atoms with Gasteiger partial charge in [0.1, 0.15) is 23.7 Å². The van der Waals surface area contributed by atoms with Gasteiger partial charge in [-0.3, -0.25) is 24.0 Å². The molecule has 15 heteroatoms. The molecule has 2 aliphatic carbocycles. The molecule has 0 aromatic heterocycles. The second kappa shape index (κ2) is 15.2. The Kier molecular flexibility index (Phi) is 10.6. The van der Waals surface area contributed by atoms with E-state index in [0.29, 0.717) is 45.2 Å². The van der Waals surface area contributed by atoms with Crippen molar-refractivity contribution in [3.8, 4) is 0 Å². The largest absolute Gasteiger partial charge is 0.449 e. The van der Waals surface area contributed by atoms with Gasteiger partial charge in [0.25, 0.3) is 5.91 Å². The van der Waals surface area contributed by atoms with Gasteiger partial charge in [-0.15, -0.1) is 0 Å². The summed E-state index contributed by atoms with van der Waals surface area (Å²) in [5.41, 5.74) is 1.53. The van der Waals surface area contributed by atoms with Crippen LogP contribution in [-0.4, -0.2) is 90.3 Å². The van der Waals surface area contributed by atoms with Crippen LogP contribution in [-0.2, 0) is 47.0 Å². The van der Waals surface area contributed by atoms with Crippen LogP contribution in [0.3, 0.4) is 0 Å². The normalized spacial score (nSPS) is 31.3. The Balaban J connectivity index is 1.17. The summed E-state index contributed by atoms with van der Waals surface area (Å²) < 4.78 is 39.3. The summed E-state index contributed by atoms with van der Waals surface area (Å²) in [5.74, 6) is -2.38. The fourth-order valence-corrected chi connectivity index (χ4v) is 9.24. The molecule has 0 unspecified atom stereocenters. The van der Waals surface area contributed by atoms with Gasteiger partial charge in [-0.2, -0.15) is 0 Å². The van der Waals surface area contributed by atoms with Gasteiger partial charge in [-0.05, 0) is 74.0 Å². The number of cyclic esters (lactones) is 1. The number of hydrogen-bond acceptors (Lipinski definition) is 9. The van der Waals surface area contributed by atoms with Gasteiger partial charge >= 0.3 is 12.2 Å². The number of nitrogens with zero attached hydrogens (tertiary/aromatic N) is 2. The molecular weight excluding hydrogens is 703 g/mol. The lowest BCUT2D eigenvalue weighted by Crippen LogP contribution is -2.58. The van der Waals surface area contributed by atoms with Crippen LogP contribution < -0.4 is 15.4 Å². The molecule has 7 rings (SSSR count). The van der Waals surface area contributed by atoms with Crippen molar-refractivity contribution in [1.82, 2.24) is 25.2 Å². The van der Waals surface area contributed by atoms with Crippen LogP contribution in [0.5, 0.6) is 0 Å². The third-order valence-electron chi connectivity index (χ3n) is 11.3. The summed E-state index contributed by atoms with van der Waals surface area (Å²) in [7, 11) is -3.90. The number of benzene rings is 1. The van der Waals surface area contributed by atoms with E-state index in [1.807, 2.05) is 43.4 Å². The van der Waals surface area contributed by atoms with Gasteiger partial charge in [-0.1, -0.05) is 62.3 Å². The fourth-order valence-electron chi connectivity index (χ4n) is 7.87. The number of carbonyl (C=O) groups excluding carboxylic acids is 5. The van der Waals surface area contributed by atoms with E-state index in [2.05, 4.69) is 21.4 Å². The lowest BCUT2D eigenvalue weighted by Gasteiger charge is -2.29. The summed E-state index contributed by atoms with van der Waals surface area (Å²) in [6.07, 6.45) is 11.5. The highest BCUT2D eigenvalue weighted by molar-refractivity contribution is 7.91. The van der Waals surface area contributed by atoms with Crippen LogP contribution in [0.1, 0.15) is 94.2 Å². The van der Waals surface area contributed by atoms with Crippen molar-refractivity contribution >= 4 is 46.0 Å². The minimum absolute atomic E-state index is 0.0502. The third-order valence-corrected chi connectivity index (χ3v) is 13.1. The van der Waals surface area contributed by atoms with E-state index in [9.17, 15) is 32.4 Å². The third kappa shape index (κ3) is 8.24. The molecule has 286 valence electrons. The average molecular weight is 752 g/mol. The van der Waals surface area contributed by atoms with Gasteiger partial charge < -0.3 is 25.0 Å². The molecule has 5 amide bonds. The topological polar surface area (TPSA) is 181 Å². The van der Waals surface area contributed by atoms with E-state index in [1.54, 1.807) is 4.90 Å². The van der Waals surface area contributed by atoms with Crippen molar-refractivity contribution in [1.29, 1.82) is 0 Å². The molecule has 0 radical (unpaired) electrons. The number of rotatable bonds is 3. The Hall–Kier alpha value is -4.40. The van der Waals surface area contributed by atoms with Crippen LogP contribution >= 0.6 is 0 Å². The first kappa shape index (κ1) is 36.9. The second-order valence-corrected chi connectivity index (χ2v) is 17.4. The lowest BCUT2D eigenvalue weighted by atomic mass is 10.0. The molecule has 0 spiro atoms. The minimum Gasteiger partial charge on any atom is -0.449 e. The number of amides is 5. The smallest absolute Gasteiger partial charge is 0.410 e. The van der Waals surface area contributed by atoms with Crippen LogP contribution in [0.2, 0.25) is 0 Å². The second-order valence-electron chi connectivity index (χ2n) is 15.5. The highest BCUT2D eigenvalue weighted by Crippen LogP contribution is 2.46. The van der Waals surface area contributed by atoms with Crippen molar-refractivity contribution in [3.05, 3.63) is 53.1 Å². The van der Waals surface area contributed by atoms with Crippen molar-refractivity contribution in [2.24, 2.45) is 11.8 Å². The van der Waals surface area contributed by atoms with E-state index in [0.717, 1.165) is 42.4 Å². The Bertz CT molecular complexity index is 1810. The fraction of sp³-hybridized carbons (Fsp3) is 0.605. The maximum Gasteiger partial charge on any atom is 0.410 e. The Morgan fingerprint density at radius 3 is 2.64 bits per heavy atom. The number of hydrogen-bond donors (Lipinski definition) is 3. The zero-order chi connectivity index (χ0) is 37.3. The number of nitrogens with one attached hydrogen (secondary N) is 3. The molecule has 1 aromatic rings. The van der Waals surface area contributed by atoms with Crippen LogP contribution in [0, 0.1) is 11.8 Å². The maximum atomic E-state index is 14.4. The zero-order valence-corrected chi connectivity index (χ0v) is 30.9. The van der Waals surface area contributed by atoms with Gasteiger partial charge in [0.2, 0.25) is 21.8 Å². The van der Waals surface area contributed by atoms with Crippen molar-refractivity contribution in [3.63, 3.8) is 0 Å². The lowest BCUT2D eigenvalue weighted by molar-refractivity contribution is -0.141. The first-order chi connectivity index (χ1) is 25.4. The summed E-state index contributed by atoms with van der Waals surface area (Å²) >= 11 is 0. The monoisotopic (exact) mass is 751 g/mol. The molecule has 4 aliphatic heterocycles. The number of fused-ring (bicyclic) bond motifs is 4. The van der Waals surface area contributed by atoms with Crippen LogP contribution in [0.25, 0.3) is 6.08 Å². The first-order valence-electron chi connectivity index (χ1n) is 18.9. The van der Waals surface area contributed by atoms with Crippen molar-refractivity contribution in [2.75, 3.05) is 13.2 Å². The maximum absolute atomic E-state index is 14.4. The number of sulfonamides is 1. The molecule has 3 fully saturated rings. The molecule has 5 bridgehead atoms. The molecular formula is C38H49N5O9S. The Morgan fingerprint density at radius 1 is 1.00 bits per heavy atom. The summed E-state index contributed by atoms with van der Waals surface area (Å²) in [5, 5.41) is 4.95. The van der Waals surface area contributed by atoms with Gasteiger partial charge in [0, 0.05) is 18.9 Å². The summed E-state index contributed by atoms with van der Waals surface area (Å²) in [4.78, 5) is 72.0. The molecule has 2 saturated carbocycles. The van der Waals surface area contributed by atoms with Gasteiger partial charge in [0.05, 0.1) is 24.9 Å². The van der Waals surface area contributed by atoms with E-state index in [1.165, 1.54) is 4.90 Å². The minimum atomic E-state index is -3.90. The van der Waals surface area contributed by atoms with Gasteiger partial charge in [0.15, 0.2) is 0 Å². The molecule has 3 N–H and O–H groups in total. The molecule has 1 saturated heterocycles. The molecule has 14 nitrogen and oxygen atoms in total. The molecule has 6 aliphatic rings. The quantitative estimate of drug-likeness (QED) is 0.389. The van der Waals surface area contributed by atoms with Crippen LogP contribution in [0.15, 0.2) is 36.4 Å². The summed E-state index contributed by atoms with van der Waals surface area (Å²) in [6, 6.07) is 3.76. The standard InChI is InChI=1S/C38H49N5O9S/c1-24-10-7-8-11-25-12-9-13-26-20-42(22-30(25)26)37(48)52-28-18-32-33(44)40-38(35(46)41-53(49,50)29-16-17-29)19-27(38)14-5-3-2-4-6-15-31(34(45)43(32)21-28)39-36(47)51-23-24/h5,8-9,11-14,24,27-29,31-32H,2-4,6-7,10,15-23H2,1H3,(H,39,47)(H,40,44)(H,41,46)/t24-,27+,28+,31-,32-,38+/m0/s1. The first-order valence-corrected chi connectivity index (χ1v) is 20.5. The predicted octanol–water partition coefficient (Wildman–Crippen LogP) is 3.65. The van der Waals surface area contributed by atoms with E-state index in [-0.39, 0.29) is 31.9 Å². The molecule has 1 aromatic carbocycles. The zero-order valence-electron chi connectivity index (χ0n) is 30.1. The molecule has 6 atom stereocenters. The average Bonchev–Trinajstić information content (AvgIpc) is 4.01. The Labute approximate surface area is 310 Å². The molecule has 53 heavy (non-hydrogen) atoms. The summed E-state index contributed by atoms with van der Waals surface area (Å²) in [6.45, 7) is 2.75. The van der Waals surface area contributed by atoms with E-state index < -0.39 is 74.8 Å². The van der Waals surface area contributed by atoms with Gasteiger partial charge in [-0.25, -0.2) is 18.0 Å². The van der Waals surface area contributed by atoms with Crippen molar-refractivity contribution < 1.29 is 41.9 Å². The number of carbonyl (C=O) groups is 5. The van der Waals surface area contributed by atoms with E-state index in [4.69, 9.17) is 9.47 Å². The highest BCUT2D eigenvalue weighted by Gasteiger charge is 2.62. The van der Waals surface area contributed by atoms with Crippen LogP contribution in [0.4, 0.5) is 9.59 Å². The van der Waals surface area contributed by atoms with E-state index >= 15 is 0 Å². The predicted molar refractivity (Wildman–Crippen MR) is 193 cm³/mol. The molecule has 4 heterocycles. The number of allylic oxidation sites excluding steroid dienone is 2. The SMILES string of the molecule is C[C@H]1CCC=Cc2cccc3c2CN(C3)C(=O)O[C@@H]2C[C@H]3C(=O)N[C@]4(C(=O)NS(=O)(=O)C5CC5)C[C@H]4C=CCCCCC[C@H](NC(=O)OC1)C(=O)N3C2. The number of ether oxygens (including phenoxy) is 2.